The van der Waals surface area contributed by atoms with Gasteiger partial charge in [-0.15, -0.1) is 0 Å². The third-order valence-corrected chi connectivity index (χ3v) is 7.68. The lowest BCUT2D eigenvalue weighted by molar-refractivity contribution is -0.120. The normalized spacial score (nSPS) is 17.7. The average Bonchev–Trinajstić information content (AvgIpc) is 3.43. The van der Waals surface area contributed by atoms with Crippen molar-refractivity contribution in [1.29, 1.82) is 0 Å². The van der Waals surface area contributed by atoms with E-state index in [4.69, 9.17) is 4.42 Å². The number of hydrogen-bond acceptors (Lipinski definition) is 8. The van der Waals surface area contributed by atoms with Crippen molar-refractivity contribution in [2.75, 3.05) is 50.7 Å². The highest BCUT2D eigenvalue weighted by Gasteiger charge is 2.34. The smallest absolute Gasteiger partial charge is 0.328 e. The van der Waals surface area contributed by atoms with E-state index >= 15 is 0 Å². The highest BCUT2D eigenvalue weighted by molar-refractivity contribution is 6.27. The van der Waals surface area contributed by atoms with Crippen LogP contribution in [0.5, 0.6) is 0 Å². The van der Waals surface area contributed by atoms with Gasteiger partial charge in [0.05, 0.1) is 5.56 Å². The van der Waals surface area contributed by atoms with Gasteiger partial charge in [0.1, 0.15) is 0 Å². The Morgan fingerprint density at radius 2 is 1.56 bits per heavy atom. The minimum absolute atomic E-state index is 0.0508. The number of rotatable bonds is 7. The zero-order valence-electron chi connectivity index (χ0n) is 22.4. The first-order valence-electron chi connectivity index (χ1n) is 13.6. The van der Waals surface area contributed by atoms with Crippen LogP contribution in [-0.2, 0) is 11.3 Å². The zero-order chi connectivity index (χ0) is 28.5. The molecule has 3 aliphatic rings. The van der Waals surface area contributed by atoms with Crippen LogP contribution >= 0.6 is 0 Å². The number of amides is 4. The molecule has 11 heteroatoms. The van der Waals surface area contributed by atoms with Gasteiger partial charge in [0.2, 0.25) is 11.7 Å². The molecule has 2 aliphatic heterocycles. The van der Waals surface area contributed by atoms with Crippen molar-refractivity contribution < 1.29 is 28.4 Å². The van der Waals surface area contributed by atoms with Gasteiger partial charge in [-0.1, -0.05) is 36.4 Å². The van der Waals surface area contributed by atoms with Gasteiger partial charge in [0, 0.05) is 81.7 Å². The van der Waals surface area contributed by atoms with Crippen LogP contribution in [-0.4, -0.2) is 85.0 Å². The van der Waals surface area contributed by atoms with Crippen LogP contribution < -0.4 is 15.5 Å². The summed E-state index contributed by atoms with van der Waals surface area (Å²) < 4.78 is 5.54. The van der Waals surface area contributed by atoms with Crippen molar-refractivity contribution in [2.24, 2.45) is 0 Å². The molecular formula is C30H29N5O6. The molecule has 4 amide bonds. The van der Waals surface area contributed by atoms with Crippen LogP contribution in [0, 0.1) is 0 Å². The Kier molecular flexibility index (Phi) is 7.21. The number of piperazine rings is 1. The van der Waals surface area contributed by atoms with E-state index in [1.807, 2.05) is 24.3 Å². The second-order valence-electron chi connectivity index (χ2n) is 10.4. The maximum atomic E-state index is 12.8. The first-order valence-corrected chi connectivity index (χ1v) is 13.6. The van der Waals surface area contributed by atoms with Gasteiger partial charge in [-0.25, -0.2) is 4.79 Å². The monoisotopic (exact) mass is 555 g/mol. The van der Waals surface area contributed by atoms with Gasteiger partial charge in [-0.05, 0) is 17.7 Å². The number of carbonyl (C=O) groups is 5. The molecule has 41 heavy (non-hydrogen) atoms. The summed E-state index contributed by atoms with van der Waals surface area (Å²) in [4.78, 5) is 68.1. The number of nitrogens with one attached hydrogen (secondary N) is 2. The molecule has 2 aromatic carbocycles. The molecule has 0 atom stereocenters. The molecule has 0 saturated carbocycles. The number of ketones is 2. The molecule has 210 valence electrons. The number of imide groups is 1. The maximum absolute atomic E-state index is 12.8. The van der Waals surface area contributed by atoms with Gasteiger partial charge >= 0.3 is 6.03 Å². The molecule has 11 nitrogen and oxygen atoms in total. The standard InChI is InChI=1S/C30H29N5O6/c36-25-8-10-35(30(40)32-25)20-5-3-4-19(16-20)18-34-14-12-33(13-15-34)11-9-31-29(39)24-17-23-26(37)21-6-1-2-7-22(21)27(38)28(23)41-24/h1-7,16-17H,8-15,18H2,(H,31,39)(H,32,36,40). The summed E-state index contributed by atoms with van der Waals surface area (Å²) in [6.45, 7) is 5.55. The summed E-state index contributed by atoms with van der Waals surface area (Å²) in [5, 5.41) is 5.19. The Hall–Kier alpha value is -4.61. The number of benzene rings is 2. The predicted molar refractivity (Wildman–Crippen MR) is 148 cm³/mol. The molecule has 2 fully saturated rings. The van der Waals surface area contributed by atoms with Crippen molar-refractivity contribution in [3.63, 3.8) is 0 Å². The number of urea groups is 1. The Morgan fingerprint density at radius 1 is 0.829 bits per heavy atom. The van der Waals surface area contributed by atoms with Gasteiger partial charge in [-0.2, -0.15) is 0 Å². The molecule has 0 spiro atoms. The molecule has 2 saturated heterocycles. The third-order valence-electron chi connectivity index (χ3n) is 7.68. The second kappa shape index (κ2) is 11.1. The molecule has 0 unspecified atom stereocenters. The highest BCUT2D eigenvalue weighted by Crippen LogP contribution is 2.29. The van der Waals surface area contributed by atoms with E-state index in [0.717, 1.165) is 44.0 Å². The van der Waals surface area contributed by atoms with E-state index in [2.05, 4.69) is 20.4 Å². The van der Waals surface area contributed by atoms with E-state index in [0.29, 0.717) is 25.2 Å². The fraction of sp³-hybridized carbons (Fsp3) is 0.300. The Labute approximate surface area is 236 Å². The topological polar surface area (TPSA) is 132 Å². The van der Waals surface area contributed by atoms with Gasteiger partial charge < -0.3 is 9.73 Å². The van der Waals surface area contributed by atoms with Crippen molar-refractivity contribution in [3.05, 3.63) is 88.4 Å². The van der Waals surface area contributed by atoms with E-state index in [1.54, 1.807) is 29.2 Å². The first-order chi connectivity index (χ1) is 19.9. The molecule has 3 heterocycles. The fourth-order valence-electron chi connectivity index (χ4n) is 5.46. The summed E-state index contributed by atoms with van der Waals surface area (Å²) >= 11 is 0. The summed E-state index contributed by atoms with van der Waals surface area (Å²) in [7, 11) is 0. The molecule has 0 bridgehead atoms. The summed E-state index contributed by atoms with van der Waals surface area (Å²) in [5.41, 5.74) is 2.59. The molecule has 2 N–H and O–H groups in total. The van der Waals surface area contributed by atoms with Crippen LogP contribution in [0.25, 0.3) is 0 Å². The largest absolute Gasteiger partial charge is 0.447 e. The number of anilines is 1. The SMILES string of the molecule is O=C1CCN(c2cccc(CN3CCN(CCNC(=O)c4cc5c(o4)C(=O)c4ccccc4C5=O)CC3)c2)C(=O)N1. The van der Waals surface area contributed by atoms with Crippen LogP contribution in [0.2, 0.25) is 0 Å². The van der Waals surface area contributed by atoms with Crippen LogP contribution in [0.15, 0.2) is 59.0 Å². The molecule has 6 rings (SSSR count). The lowest BCUT2D eigenvalue weighted by Crippen LogP contribution is -2.49. The molecule has 1 aliphatic carbocycles. The molecule has 1 aromatic heterocycles. The minimum Gasteiger partial charge on any atom is -0.447 e. The van der Waals surface area contributed by atoms with E-state index in [9.17, 15) is 24.0 Å². The van der Waals surface area contributed by atoms with E-state index in [1.165, 1.54) is 6.07 Å². The van der Waals surface area contributed by atoms with Crippen molar-refractivity contribution in [3.8, 4) is 0 Å². The number of hydrogen-bond donors (Lipinski definition) is 2. The van der Waals surface area contributed by atoms with Crippen molar-refractivity contribution in [2.45, 2.75) is 13.0 Å². The summed E-state index contributed by atoms with van der Waals surface area (Å²) in [6, 6.07) is 15.3. The summed E-state index contributed by atoms with van der Waals surface area (Å²) in [5.74, 6) is -1.57. The van der Waals surface area contributed by atoms with E-state index in [-0.39, 0.29) is 40.8 Å². The average molecular weight is 556 g/mol. The van der Waals surface area contributed by atoms with Gasteiger partial charge in [-0.3, -0.25) is 39.2 Å². The van der Waals surface area contributed by atoms with E-state index < -0.39 is 17.7 Å². The molecule has 3 aromatic rings. The van der Waals surface area contributed by atoms with Gasteiger partial charge in [0.15, 0.2) is 17.3 Å². The van der Waals surface area contributed by atoms with Crippen molar-refractivity contribution >= 4 is 35.1 Å². The highest BCUT2D eigenvalue weighted by atomic mass is 16.4. The first kappa shape index (κ1) is 26.6. The Morgan fingerprint density at radius 3 is 2.32 bits per heavy atom. The second-order valence-corrected chi connectivity index (χ2v) is 10.4. The lowest BCUT2D eigenvalue weighted by Gasteiger charge is -2.35. The van der Waals surface area contributed by atoms with Gasteiger partial charge in [0.25, 0.3) is 5.91 Å². The Balaban J connectivity index is 0.971. The number of nitrogens with zero attached hydrogens (tertiary/aromatic N) is 3. The van der Waals surface area contributed by atoms with Crippen LogP contribution in [0.3, 0.4) is 0 Å². The summed E-state index contributed by atoms with van der Waals surface area (Å²) in [6.07, 6.45) is 0.288. The van der Waals surface area contributed by atoms with Crippen LogP contribution in [0.4, 0.5) is 10.5 Å². The minimum atomic E-state index is -0.464. The van der Waals surface area contributed by atoms with Crippen molar-refractivity contribution in [1.82, 2.24) is 20.4 Å². The predicted octanol–water partition coefficient (Wildman–Crippen LogP) is 2.05. The number of carbonyl (C=O) groups excluding carboxylic acids is 5. The maximum Gasteiger partial charge on any atom is 0.328 e. The zero-order valence-corrected chi connectivity index (χ0v) is 22.4. The third kappa shape index (κ3) is 5.41. The molecule has 0 radical (unpaired) electrons. The lowest BCUT2D eigenvalue weighted by atomic mass is 9.89. The number of furan rings is 1. The quantitative estimate of drug-likeness (QED) is 0.354. The fourth-order valence-corrected chi connectivity index (χ4v) is 5.46. The Bertz CT molecular complexity index is 1500. The molecular weight excluding hydrogens is 526 g/mol. The number of fused-ring (bicyclic) bond motifs is 2. The van der Waals surface area contributed by atoms with Crippen LogP contribution in [0.1, 0.15) is 54.6 Å².